The summed E-state index contributed by atoms with van der Waals surface area (Å²) in [6.07, 6.45) is 11.9. The highest BCUT2D eigenvalue weighted by molar-refractivity contribution is 6.37. The van der Waals surface area contributed by atoms with Crippen molar-refractivity contribution < 1.29 is 57.5 Å². The molecule has 3 aliphatic carbocycles. The number of hydrogen-bond donors (Lipinski definition) is 3. The zero-order valence-corrected chi connectivity index (χ0v) is 62.7. The molecule has 13 rings (SSSR count). The molecule has 7 aromatic rings. The summed E-state index contributed by atoms with van der Waals surface area (Å²) in [6, 6.07) is 49.7. The van der Waals surface area contributed by atoms with E-state index >= 15 is 0 Å². The van der Waals surface area contributed by atoms with Gasteiger partial charge in [0.2, 0.25) is 17.7 Å². The number of cyclic esters (lactones) is 1. The quantitative estimate of drug-likeness (QED) is 0.0544. The van der Waals surface area contributed by atoms with Gasteiger partial charge in [0.25, 0.3) is 0 Å². The molecule has 22 heteroatoms. The number of carbonyl (C=O) groups is 5. The number of alkyl halides is 1. The van der Waals surface area contributed by atoms with E-state index in [1.165, 1.54) is 0 Å². The smallest absolute Gasteiger partial charge is 0.416 e. The third-order valence-corrected chi connectivity index (χ3v) is 22.3. The third kappa shape index (κ3) is 25.3. The number of likely N-dealkylation sites (tertiary alicyclic amines) is 2. The molecule has 0 radical (unpaired) electrons. The number of carbonyl (C=O) groups excluding carboxylic acids is 5. The molecule has 4 atom stereocenters. The molecule has 4 amide bonds. The minimum atomic E-state index is -0.822. The lowest BCUT2D eigenvalue weighted by Gasteiger charge is -2.33. The Bertz CT molecular complexity index is 3720. The lowest BCUT2D eigenvalue weighted by molar-refractivity contribution is -0.135. The van der Waals surface area contributed by atoms with Gasteiger partial charge in [0, 0.05) is 85.5 Å². The summed E-state index contributed by atoms with van der Waals surface area (Å²) in [5, 5.41) is 21.5. The van der Waals surface area contributed by atoms with E-state index < -0.39 is 30.1 Å². The van der Waals surface area contributed by atoms with Crippen LogP contribution in [0, 0.1) is 17.8 Å². The monoisotopic (exact) mass is 1580 g/mol. The maximum Gasteiger partial charge on any atom is 0.416 e. The Labute approximate surface area is 661 Å². The number of nitrogens with zero attached hydrogens (tertiary/aromatic N) is 3. The third-order valence-electron chi connectivity index (χ3n) is 20.3. The van der Waals surface area contributed by atoms with E-state index in [1.54, 1.807) is 36.4 Å². The van der Waals surface area contributed by atoms with Crippen LogP contribution < -0.4 is 19.9 Å². The number of halogens is 7. The van der Waals surface area contributed by atoms with Crippen LogP contribution in [0.4, 0.5) is 9.18 Å². The van der Waals surface area contributed by atoms with E-state index in [2.05, 4.69) is 0 Å². The number of imide groups is 1. The van der Waals surface area contributed by atoms with Gasteiger partial charge in [-0.05, 0) is 191 Å². The summed E-state index contributed by atoms with van der Waals surface area (Å²) in [5.41, 5.74) is 11.8. The maximum absolute atomic E-state index is 13.5. The van der Waals surface area contributed by atoms with Gasteiger partial charge in [-0.25, -0.2) is 14.1 Å². The molecule has 3 saturated heterocycles. The van der Waals surface area contributed by atoms with E-state index in [4.69, 9.17) is 99.4 Å². The van der Waals surface area contributed by atoms with Crippen LogP contribution >= 0.6 is 69.6 Å². The lowest BCUT2D eigenvalue weighted by atomic mass is 9.92. The summed E-state index contributed by atoms with van der Waals surface area (Å²) in [5.74, 6) is 0.531. The van der Waals surface area contributed by atoms with Crippen molar-refractivity contribution >= 4 is 99.7 Å². The van der Waals surface area contributed by atoms with Gasteiger partial charge in [-0.15, -0.1) is 0 Å². The van der Waals surface area contributed by atoms with E-state index in [0.29, 0.717) is 117 Å². The van der Waals surface area contributed by atoms with Crippen molar-refractivity contribution in [2.24, 2.45) is 23.5 Å². The molecule has 0 unspecified atom stereocenters. The zero-order valence-electron chi connectivity index (χ0n) is 58.2. The van der Waals surface area contributed by atoms with E-state index in [-0.39, 0.29) is 89.7 Å². The van der Waals surface area contributed by atoms with Crippen LogP contribution in [0.25, 0.3) is 0 Å². The SMILES string of the molecule is C.C.C.NC1CCC(O)CC1.O=C1[C@H](Cc2c(Cl)cc(OCc3ccccc3)cc2Cl)CCN1C1CCC(F)CC1.O=C1[C@H](Cc2c(Cl)cc(OCc3ccccc3)cc2Cl)CCN1C1CCC(O)CC1.O=CC[C@@H](Cc1c(Cl)cc(OCc2ccccc2)cc1Cl)C(=O)N1C(=O)OC[C@H]1Cc1ccccc1. The Kier molecular flexibility index (Phi) is 35.4. The van der Waals surface area contributed by atoms with Crippen LogP contribution in [-0.4, -0.2) is 117 Å². The number of aliphatic hydroxyl groups excluding tert-OH is 2. The summed E-state index contributed by atoms with van der Waals surface area (Å²) < 4.78 is 36.1. The van der Waals surface area contributed by atoms with E-state index in [0.717, 1.165) is 128 Å². The molecule has 15 nitrogen and oxygen atoms in total. The first-order valence-electron chi connectivity index (χ1n) is 36.0. The summed E-state index contributed by atoms with van der Waals surface area (Å²) >= 11 is 39.1. The number of amides is 4. The molecular formula is C85H103Cl6FN4O11. The molecule has 4 N–H and O–H groups in total. The second kappa shape index (κ2) is 43.4. The normalized spacial score (nSPS) is 21.9. The van der Waals surface area contributed by atoms with Crippen molar-refractivity contribution in [3.8, 4) is 17.2 Å². The van der Waals surface area contributed by atoms with Gasteiger partial charge in [0.15, 0.2) is 0 Å². The molecule has 6 aliphatic rings. The Hall–Kier alpha value is -6.96. The van der Waals surface area contributed by atoms with Crippen LogP contribution in [0.1, 0.15) is 158 Å². The fourth-order valence-electron chi connectivity index (χ4n) is 14.3. The molecule has 0 spiro atoms. The number of aldehydes is 1. The largest absolute Gasteiger partial charge is 0.489 e. The Morgan fingerprint density at radius 2 is 0.841 bits per heavy atom. The number of hydrogen-bond acceptors (Lipinski definition) is 12. The van der Waals surface area contributed by atoms with Crippen molar-refractivity contribution in [1.29, 1.82) is 0 Å². The molecule has 0 aromatic heterocycles. The Morgan fingerprint density at radius 3 is 1.21 bits per heavy atom. The minimum absolute atomic E-state index is 0. The van der Waals surface area contributed by atoms with Crippen molar-refractivity contribution in [3.05, 3.63) is 227 Å². The number of ether oxygens (including phenoxy) is 4. The highest BCUT2D eigenvalue weighted by atomic mass is 35.5. The van der Waals surface area contributed by atoms with Gasteiger partial charge in [0.05, 0.1) is 18.2 Å². The van der Waals surface area contributed by atoms with Crippen LogP contribution in [0.15, 0.2) is 158 Å². The van der Waals surface area contributed by atoms with E-state index in [9.17, 15) is 33.5 Å². The highest BCUT2D eigenvalue weighted by Gasteiger charge is 2.42. The summed E-state index contributed by atoms with van der Waals surface area (Å²) in [4.78, 5) is 68.4. The molecule has 107 heavy (non-hydrogen) atoms. The van der Waals surface area contributed by atoms with Crippen LogP contribution in [0.3, 0.4) is 0 Å². The summed E-state index contributed by atoms with van der Waals surface area (Å²) in [6.45, 7) is 2.83. The first-order chi connectivity index (χ1) is 50.3. The van der Waals surface area contributed by atoms with Crippen molar-refractivity contribution in [2.45, 2.75) is 207 Å². The predicted octanol–water partition coefficient (Wildman–Crippen LogP) is 19.6. The highest BCUT2D eigenvalue weighted by Crippen LogP contribution is 2.40. The van der Waals surface area contributed by atoms with Crippen molar-refractivity contribution in [2.75, 3.05) is 19.7 Å². The summed E-state index contributed by atoms with van der Waals surface area (Å²) in [7, 11) is 0. The maximum atomic E-state index is 13.5. The molecule has 578 valence electrons. The molecule has 6 fully saturated rings. The predicted molar refractivity (Wildman–Crippen MR) is 427 cm³/mol. The Balaban J connectivity index is 0.000000210. The topological polar surface area (TPSA) is 198 Å². The lowest BCUT2D eigenvalue weighted by Crippen LogP contribution is -2.44. The fourth-order valence-corrected chi connectivity index (χ4v) is 16.2. The standard InChI is InChI=1S/C28H25Cl2NO5.C24H26Cl2FNO2.C24H27Cl2NO3.C6H13NO.3CH4/c29-25-15-23(35-17-20-9-5-2-6-10-20)16-26(30)24(25)14-21(11-12-32)27(33)31-22(18-36-28(31)34)13-19-7-3-1-4-8-19;25-22-13-20(30-15-16-4-2-1-3-5-16)14-23(26)21(22)12-17-10-11-28(24(17)29)19-8-6-18(27)7-9-19;25-22-13-20(30-15-16-4-2-1-3-5-16)14-23(26)21(22)12-17-10-11-27(24(17)29)18-6-8-19(28)9-7-18;7-5-1-3-6(8)4-2-5;;;/h1-10,12,15-16,21-22H,11,13-14,17-18H2;1-5,13-14,17-19H,6-12,15H2;1-5,13-14,17-19,28H,6-12,15H2;5-6,8H,1-4,7H2;3*1H4/t21-,22+;2*17-,18?,19?;;;;/m000..../s1. The molecular weight excluding hydrogens is 1480 g/mol. The van der Waals surface area contributed by atoms with Gasteiger partial charge >= 0.3 is 6.09 Å². The van der Waals surface area contributed by atoms with E-state index in [1.807, 2.05) is 131 Å². The Morgan fingerprint density at radius 1 is 0.495 bits per heavy atom. The fraction of sp³-hybridized carbons (Fsp3) is 0.447. The van der Waals surface area contributed by atoms with Gasteiger partial charge in [0.1, 0.15) is 56.1 Å². The average molecular weight is 1590 g/mol. The van der Waals surface area contributed by atoms with Crippen LogP contribution in [-0.2, 0) is 69.4 Å². The number of benzene rings is 7. The second-order valence-electron chi connectivity index (χ2n) is 27.7. The number of aliphatic hydroxyl groups is 2. The molecule has 3 aliphatic heterocycles. The molecule has 7 aromatic carbocycles. The van der Waals surface area contributed by atoms with Gasteiger partial charge in [-0.1, -0.05) is 213 Å². The molecule has 3 saturated carbocycles. The molecule has 0 bridgehead atoms. The van der Waals surface area contributed by atoms with Gasteiger partial charge < -0.3 is 49.5 Å². The van der Waals surface area contributed by atoms with Crippen LogP contribution in [0.5, 0.6) is 17.2 Å². The number of rotatable bonds is 22. The molecule has 3 heterocycles. The first kappa shape index (κ1) is 87.3. The van der Waals surface area contributed by atoms with Crippen molar-refractivity contribution in [3.63, 3.8) is 0 Å². The second-order valence-corrected chi connectivity index (χ2v) is 30.2. The number of nitrogens with two attached hydrogens (primary N) is 1. The average Bonchev–Trinajstić information content (AvgIpc) is 1.75. The minimum Gasteiger partial charge on any atom is -0.489 e. The first-order valence-corrected chi connectivity index (χ1v) is 38.3. The van der Waals surface area contributed by atoms with Crippen molar-refractivity contribution in [1.82, 2.24) is 14.7 Å². The van der Waals surface area contributed by atoms with Gasteiger partial charge in [-0.3, -0.25) is 14.4 Å². The van der Waals surface area contributed by atoms with Gasteiger partial charge in [-0.2, -0.15) is 0 Å². The zero-order chi connectivity index (χ0) is 73.7. The van der Waals surface area contributed by atoms with Crippen LogP contribution in [0.2, 0.25) is 30.1 Å².